The van der Waals surface area contributed by atoms with Gasteiger partial charge in [-0.15, -0.1) is 0 Å². The van der Waals surface area contributed by atoms with Crippen molar-refractivity contribution in [2.45, 2.75) is 52.6 Å². The van der Waals surface area contributed by atoms with Crippen molar-refractivity contribution in [3.63, 3.8) is 0 Å². The Balaban J connectivity index is 2.47. The molecule has 0 aromatic carbocycles. The van der Waals surface area contributed by atoms with Crippen LogP contribution in [0.5, 0.6) is 0 Å². The third-order valence-electron chi connectivity index (χ3n) is 3.80. The molecular formula is C17H33N5O. The molecule has 0 fully saturated rings. The van der Waals surface area contributed by atoms with Gasteiger partial charge in [0.2, 0.25) is 0 Å². The SMILES string of the molecule is CN=C(NCc1cc(C(C)C)no1)NCC(CC(C)C)N(C)C. The molecule has 0 aliphatic rings. The van der Waals surface area contributed by atoms with E-state index in [1.54, 1.807) is 7.05 Å². The smallest absolute Gasteiger partial charge is 0.191 e. The highest BCUT2D eigenvalue weighted by atomic mass is 16.5. The van der Waals surface area contributed by atoms with Gasteiger partial charge in [-0.2, -0.15) is 0 Å². The fraction of sp³-hybridized carbons (Fsp3) is 0.765. The van der Waals surface area contributed by atoms with Gasteiger partial charge in [-0.05, 0) is 32.4 Å². The lowest BCUT2D eigenvalue weighted by Crippen LogP contribution is -2.45. The van der Waals surface area contributed by atoms with E-state index < -0.39 is 0 Å². The van der Waals surface area contributed by atoms with E-state index in [9.17, 15) is 0 Å². The Kier molecular flexibility index (Phi) is 8.09. The number of aliphatic imine (C=N–C) groups is 1. The molecule has 0 amide bonds. The summed E-state index contributed by atoms with van der Waals surface area (Å²) >= 11 is 0. The van der Waals surface area contributed by atoms with Gasteiger partial charge in [-0.3, -0.25) is 4.99 Å². The minimum atomic E-state index is 0.377. The molecule has 0 saturated carbocycles. The Morgan fingerprint density at radius 3 is 2.43 bits per heavy atom. The number of likely N-dealkylation sites (N-methyl/N-ethyl adjacent to an activating group) is 1. The number of hydrogen-bond donors (Lipinski definition) is 2. The first kappa shape index (κ1) is 19.5. The summed E-state index contributed by atoms with van der Waals surface area (Å²) in [5, 5.41) is 10.7. The van der Waals surface area contributed by atoms with Crippen LogP contribution in [0.1, 0.15) is 51.5 Å². The van der Waals surface area contributed by atoms with Crippen LogP contribution in [0.25, 0.3) is 0 Å². The van der Waals surface area contributed by atoms with Crippen LogP contribution in [0, 0.1) is 5.92 Å². The van der Waals surface area contributed by atoms with Gasteiger partial charge in [0.25, 0.3) is 0 Å². The maximum absolute atomic E-state index is 5.33. The average molecular weight is 323 g/mol. The van der Waals surface area contributed by atoms with Crippen molar-refractivity contribution in [3.05, 3.63) is 17.5 Å². The average Bonchev–Trinajstić information content (AvgIpc) is 2.94. The van der Waals surface area contributed by atoms with E-state index in [1.165, 1.54) is 0 Å². The summed E-state index contributed by atoms with van der Waals surface area (Å²) in [5.74, 6) is 2.65. The Morgan fingerprint density at radius 1 is 1.26 bits per heavy atom. The van der Waals surface area contributed by atoms with E-state index in [1.807, 2.05) is 6.07 Å². The maximum atomic E-state index is 5.33. The monoisotopic (exact) mass is 323 g/mol. The van der Waals surface area contributed by atoms with Crippen molar-refractivity contribution in [1.29, 1.82) is 0 Å². The molecular weight excluding hydrogens is 290 g/mol. The van der Waals surface area contributed by atoms with Crippen LogP contribution < -0.4 is 10.6 Å². The van der Waals surface area contributed by atoms with Gasteiger partial charge in [0.15, 0.2) is 11.7 Å². The molecule has 0 spiro atoms. The second-order valence-electron chi connectivity index (χ2n) is 6.93. The van der Waals surface area contributed by atoms with Gasteiger partial charge in [-0.1, -0.05) is 32.9 Å². The minimum Gasteiger partial charge on any atom is -0.359 e. The molecule has 0 bridgehead atoms. The van der Waals surface area contributed by atoms with Crippen molar-refractivity contribution in [1.82, 2.24) is 20.7 Å². The molecule has 132 valence electrons. The van der Waals surface area contributed by atoms with Crippen LogP contribution in [-0.4, -0.2) is 49.7 Å². The molecule has 1 aromatic heterocycles. The quantitative estimate of drug-likeness (QED) is 0.568. The van der Waals surface area contributed by atoms with E-state index in [0.29, 0.717) is 24.4 Å². The lowest BCUT2D eigenvalue weighted by Gasteiger charge is -2.27. The second kappa shape index (κ2) is 9.55. The predicted molar refractivity (Wildman–Crippen MR) is 95.7 cm³/mol. The number of hydrogen-bond acceptors (Lipinski definition) is 4. The van der Waals surface area contributed by atoms with Crippen LogP contribution in [0.4, 0.5) is 0 Å². The first-order valence-electron chi connectivity index (χ1n) is 8.39. The molecule has 0 aliphatic heterocycles. The summed E-state index contributed by atoms with van der Waals surface area (Å²) in [4.78, 5) is 6.52. The van der Waals surface area contributed by atoms with Crippen LogP contribution >= 0.6 is 0 Å². The third kappa shape index (κ3) is 7.03. The van der Waals surface area contributed by atoms with Gasteiger partial charge in [0, 0.05) is 25.7 Å². The largest absolute Gasteiger partial charge is 0.359 e. The van der Waals surface area contributed by atoms with Crippen molar-refractivity contribution in [3.8, 4) is 0 Å². The molecule has 1 atom stereocenters. The van der Waals surface area contributed by atoms with Gasteiger partial charge < -0.3 is 20.1 Å². The molecule has 0 saturated heterocycles. The summed E-state index contributed by atoms with van der Waals surface area (Å²) < 4.78 is 5.33. The summed E-state index contributed by atoms with van der Waals surface area (Å²) in [5.41, 5.74) is 0.981. The lowest BCUT2D eigenvalue weighted by molar-refractivity contribution is 0.254. The zero-order valence-electron chi connectivity index (χ0n) is 15.7. The molecule has 1 aromatic rings. The molecule has 2 N–H and O–H groups in total. The fourth-order valence-electron chi connectivity index (χ4n) is 2.31. The number of aromatic nitrogens is 1. The zero-order valence-corrected chi connectivity index (χ0v) is 15.7. The Labute approximate surface area is 140 Å². The first-order valence-corrected chi connectivity index (χ1v) is 8.39. The van der Waals surface area contributed by atoms with E-state index >= 15 is 0 Å². The Hall–Kier alpha value is -1.56. The number of nitrogens with one attached hydrogen (secondary N) is 2. The van der Waals surface area contributed by atoms with Crippen molar-refractivity contribution >= 4 is 5.96 Å². The highest BCUT2D eigenvalue weighted by Crippen LogP contribution is 2.13. The summed E-state index contributed by atoms with van der Waals surface area (Å²) in [6.07, 6.45) is 1.15. The van der Waals surface area contributed by atoms with E-state index in [-0.39, 0.29) is 0 Å². The van der Waals surface area contributed by atoms with Gasteiger partial charge in [0.05, 0.1) is 12.2 Å². The molecule has 0 aliphatic carbocycles. The van der Waals surface area contributed by atoms with Crippen molar-refractivity contribution in [2.24, 2.45) is 10.9 Å². The predicted octanol–water partition coefficient (Wildman–Crippen LogP) is 2.44. The van der Waals surface area contributed by atoms with Gasteiger partial charge >= 0.3 is 0 Å². The third-order valence-corrected chi connectivity index (χ3v) is 3.80. The Morgan fingerprint density at radius 2 is 1.96 bits per heavy atom. The van der Waals surface area contributed by atoms with Gasteiger partial charge in [0.1, 0.15) is 0 Å². The molecule has 1 heterocycles. The summed E-state index contributed by atoms with van der Waals surface area (Å²) in [6, 6.07) is 2.47. The lowest BCUT2D eigenvalue weighted by atomic mass is 10.0. The highest BCUT2D eigenvalue weighted by molar-refractivity contribution is 5.79. The van der Waals surface area contributed by atoms with Crippen LogP contribution in [-0.2, 0) is 6.54 Å². The second-order valence-corrected chi connectivity index (χ2v) is 6.93. The van der Waals surface area contributed by atoms with Crippen LogP contribution in [0.15, 0.2) is 15.6 Å². The standard InChI is InChI=1S/C17H33N5O/c1-12(2)8-14(22(6)7)10-19-17(18-5)20-11-15-9-16(13(3)4)21-23-15/h9,12-14H,8,10-11H2,1-7H3,(H2,18,19,20). The molecule has 1 rings (SSSR count). The van der Waals surface area contributed by atoms with E-state index in [0.717, 1.165) is 30.4 Å². The Bertz CT molecular complexity index is 479. The summed E-state index contributed by atoms with van der Waals surface area (Å²) in [7, 11) is 6.02. The molecule has 6 nitrogen and oxygen atoms in total. The number of nitrogens with zero attached hydrogens (tertiary/aromatic N) is 3. The topological polar surface area (TPSA) is 65.7 Å². The van der Waals surface area contributed by atoms with Crippen LogP contribution in [0.3, 0.4) is 0 Å². The number of guanidine groups is 1. The summed E-state index contributed by atoms with van der Waals surface area (Å²) in [6.45, 7) is 10.1. The first-order chi connectivity index (χ1) is 10.8. The normalized spacial score (nSPS) is 13.9. The number of rotatable bonds is 8. The fourth-order valence-corrected chi connectivity index (χ4v) is 2.31. The zero-order chi connectivity index (χ0) is 17.4. The molecule has 23 heavy (non-hydrogen) atoms. The highest BCUT2D eigenvalue weighted by Gasteiger charge is 2.14. The van der Waals surface area contributed by atoms with Crippen LogP contribution in [0.2, 0.25) is 0 Å². The van der Waals surface area contributed by atoms with Crippen molar-refractivity contribution < 1.29 is 4.52 Å². The van der Waals surface area contributed by atoms with E-state index in [2.05, 4.69) is 67.5 Å². The maximum Gasteiger partial charge on any atom is 0.191 e. The molecule has 0 radical (unpaired) electrons. The minimum absolute atomic E-state index is 0.377. The van der Waals surface area contributed by atoms with Crippen molar-refractivity contribution in [2.75, 3.05) is 27.7 Å². The van der Waals surface area contributed by atoms with Gasteiger partial charge in [-0.25, -0.2) is 0 Å². The molecule has 1 unspecified atom stereocenters. The molecule has 6 heteroatoms. The van der Waals surface area contributed by atoms with E-state index in [4.69, 9.17) is 4.52 Å².